The Bertz CT molecular complexity index is 1020. The van der Waals surface area contributed by atoms with Gasteiger partial charge in [0.25, 0.3) is 11.1 Å². The monoisotopic (exact) mass is 409 g/mol. The molecule has 0 radical (unpaired) electrons. The van der Waals surface area contributed by atoms with Crippen LogP contribution in [0.4, 0.5) is 0 Å². The van der Waals surface area contributed by atoms with Crippen LogP contribution in [0, 0.1) is 13.8 Å². The molecule has 29 heavy (non-hydrogen) atoms. The fourth-order valence-corrected chi connectivity index (χ4v) is 3.96. The SMILES string of the molecule is Cc1ccc(C)c(OCc2nnc(SCC(=O)N3CCc4ccccc4C3)o2)c1. The molecule has 2 heterocycles. The minimum absolute atomic E-state index is 0.0795. The Morgan fingerprint density at radius 1 is 1.17 bits per heavy atom. The molecule has 6 nitrogen and oxygen atoms in total. The van der Waals surface area contributed by atoms with Crippen LogP contribution in [-0.4, -0.2) is 33.3 Å². The number of aryl methyl sites for hydroxylation is 2. The zero-order chi connectivity index (χ0) is 20.2. The number of fused-ring (bicyclic) bond motifs is 1. The first-order chi connectivity index (χ1) is 14.1. The second kappa shape index (κ2) is 8.69. The second-order valence-corrected chi connectivity index (χ2v) is 8.07. The molecule has 0 saturated carbocycles. The van der Waals surface area contributed by atoms with Crippen molar-refractivity contribution in [2.24, 2.45) is 0 Å². The number of nitrogens with zero attached hydrogens (tertiary/aromatic N) is 3. The fraction of sp³-hybridized carbons (Fsp3) is 0.318. The summed E-state index contributed by atoms with van der Waals surface area (Å²) in [5.74, 6) is 1.56. The number of carbonyl (C=O) groups excluding carboxylic acids is 1. The molecule has 0 atom stereocenters. The lowest BCUT2D eigenvalue weighted by molar-refractivity contribution is -0.129. The van der Waals surface area contributed by atoms with E-state index in [-0.39, 0.29) is 18.3 Å². The molecule has 1 aliphatic rings. The van der Waals surface area contributed by atoms with Crippen molar-refractivity contribution in [1.29, 1.82) is 0 Å². The van der Waals surface area contributed by atoms with Gasteiger partial charge in [0.05, 0.1) is 5.75 Å². The summed E-state index contributed by atoms with van der Waals surface area (Å²) in [5.41, 5.74) is 4.74. The number of thioether (sulfide) groups is 1. The highest BCUT2D eigenvalue weighted by Crippen LogP contribution is 2.23. The van der Waals surface area contributed by atoms with Gasteiger partial charge in [-0.25, -0.2) is 0 Å². The molecule has 7 heteroatoms. The van der Waals surface area contributed by atoms with E-state index in [1.54, 1.807) is 0 Å². The highest BCUT2D eigenvalue weighted by Gasteiger charge is 2.21. The van der Waals surface area contributed by atoms with Gasteiger partial charge in [-0.1, -0.05) is 48.2 Å². The average molecular weight is 410 g/mol. The topological polar surface area (TPSA) is 68.5 Å². The summed E-state index contributed by atoms with van der Waals surface area (Å²) in [7, 11) is 0. The molecule has 0 fully saturated rings. The van der Waals surface area contributed by atoms with Gasteiger partial charge in [-0.3, -0.25) is 4.79 Å². The van der Waals surface area contributed by atoms with Gasteiger partial charge in [0.1, 0.15) is 5.75 Å². The fourth-order valence-electron chi connectivity index (χ4n) is 3.28. The molecule has 0 unspecified atom stereocenters. The van der Waals surface area contributed by atoms with Crippen LogP contribution < -0.4 is 4.74 Å². The van der Waals surface area contributed by atoms with Crippen LogP contribution in [0.2, 0.25) is 0 Å². The van der Waals surface area contributed by atoms with Crippen molar-refractivity contribution in [3.8, 4) is 5.75 Å². The molecule has 2 aromatic carbocycles. The highest BCUT2D eigenvalue weighted by atomic mass is 32.2. The van der Waals surface area contributed by atoms with Gasteiger partial charge in [-0.05, 0) is 48.6 Å². The van der Waals surface area contributed by atoms with Crippen LogP contribution in [-0.2, 0) is 24.4 Å². The third-order valence-electron chi connectivity index (χ3n) is 4.95. The Morgan fingerprint density at radius 2 is 2.00 bits per heavy atom. The van der Waals surface area contributed by atoms with Crippen LogP contribution in [0.3, 0.4) is 0 Å². The molecular formula is C22H23N3O3S. The van der Waals surface area contributed by atoms with Crippen LogP contribution in [0.25, 0.3) is 0 Å². The van der Waals surface area contributed by atoms with Crippen molar-refractivity contribution in [3.05, 3.63) is 70.6 Å². The summed E-state index contributed by atoms with van der Waals surface area (Å²) in [6.07, 6.45) is 0.896. The Kier molecular flexibility index (Phi) is 5.85. The van der Waals surface area contributed by atoms with Gasteiger partial charge < -0.3 is 14.1 Å². The van der Waals surface area contributed by atoms with Gasteiger partial charge in [-0.15, -0.1) is 10.2 Å². The molecule has 3 aromatic rings. The zero-order valence-corrected chi connectivity index (χ0v) is 17.4. The van der Waals surface area contributed by atoms with E-state index in [1.165, 1.54) is 22.9 Å². The zero-order valence-electron chi connectivity index (χ0n) is 16.6. The Balaban J connectivity index is 1.28. The van der Waals surface area contributed by atoms with Gasteiger partial charge in [0.2, 0.25) is 5.91 Å². The Morgan fingerprint density at radius 3 is 2.86 bits per heavy atom. The van der Waals surface area contributed by atoms with Gasteiger partial charge in [0, 0.05) is 13.1 Å². The van der Waals surface area contributed by atoms with Crippen molar-refractivity contribution in [2.45, 2.75) is 38.6 Å². The number of amides is 1. The molecule has 0 spiro atoms. The number of benzene rings is 2. The maximum Gasteiger partial charge on any atom is 0.277 e. The summed E-state index contributed by atoms with van der Waals surface area (Å²) in [5, 5.41) is 8.42. The molecule has 0 aliphatic carbocycles. The lowest BCUT2D eigenvalue weighted by Crippen LogP contribution is -2.37. The predicted molar refractivity (Wildman–Crippen MR) is 111 cm³/mol. The van der Waals surface area contributed by atoms with E-state index in [2.05, 4.69) is 22.3 Å². The maximum atomic E-state index is 12.6. The van der Waals surface area contributed by atoms with Crippen LogP contribution in [0.1, 0.15) is 28.1 Å². The molecule has 0 N–H and O–H groups in total. The number of aromatic nitrogens is 2. The summed E-state index contributed by atoms with van der Waals surface area (Å²) >= 11 is 1.26. The van der Waals surface area contributed by atoms with Gasteiger partial charge in [-0.2, -0.15) is 0 Å². The molecule has 0 saturated heterocycles. The molecule has 1 amide bonds. The molecule has 1 aliphatic heterocycles. The number of carbonyl (C=O) groups is 1. The number of hydrogen-bond donors (Lipinski definition) is 0. The van der Waals surface area contributed by atoms with Crippen LogP contribution in [0.15, 0.2) is 52.1 Å². The standard InChI is InChI=1S/C22H23N3O3S/c1-15-7-8-16(2)19(11-15)27-13-20-23-24-22(28-20)29-14-21(26)25-10-9-17-5-3-4-6-18(17)12-25/h3-8,11H,9-10,12-14H2,1-2H3. The van der Waals surface area contributed by atoms with E-state index in [0.29, 0.717) is 17.7 Å². The number of hydrogen-bond acceptors (Lipinski definition) is 6. The first kappa shape index (κ1) is 19.5. The van der Waals surface area contributed by atoms with E-state index in [4.69, 9.17) is 9.15 Å². The summed E-state index contributed by atoms with van der Waals surface area (Å²) in [6.45, 7) is 5.62. The third kappa shape index (κ3) is 4.79. The second-order valence-electron chi connectivity index (χ2n) is 7.14. The molecule has 0 bridgehead atoms. The van der Waals surface area contributed by atoms with E-state index in [0.717, 1.165) is 29.8 Å². The average Bonchev–Trinajstić information content (AvgIpc) is 3.20. The first-order valence-electron chi connectivity index (χ1n) is 9.58. The van der Waals surface area contributed by atoms with Crippen molar-refractivity contribution >= 4 is 17.7 Å². The van der Waals surface area contributed by atoms with E-state index < -0.39 is 0 Å². The quantitative estimate of drug-likeness (QED) is 0.575. The van der Waals surface area contributed by atoms with Crippen molar-refractivity contribution in [1.82, 2.24) is 15.1 Å². The lowest BCUT2D eigenvalue weighted by atomic mass is 10.00. The molecular weight excluding hydrogens is 386 g/mol. The van der Waals surface area contributed by atoms with Gasteiger partial charge >= 0.3 is 0 Å². The molecule has 4 rings (SSSR count). The van der Waals surface area contributed by atoms with Crippen molar-refractivity contribution < 1.29 is 13.9 Å². The largest absolute Gasteiger partial charge is 0.484 e. The van der Waals surface area contributed by atoms with Crippen LogP contribution >= 0.6 is 11.8 Å². The normalized spacial score (nSPS) is 13.2. The molecule has 1 aromatic heterocycles. The van der Waals surface area contributed by atoms with Crippen molar-refractivity contribution in [2.75, 3.05) is 12.3 Å². The first-order valence-corrected chi connectivity index (χ1v) is 10.6. The Labute approximate surface area is 174 Å². The van der Waals surface area contributed by atoms with E-state index in [9.17, 15) is 4.79 Å². The summed E-state index contributed by atoms with van der Waals surface area (Å²) in [4.78, 5) is 14.4. The third-order valence-corrected chi connectivity index (χ3v) is 5.75. The molecule has 150 valence electrons. The maximum absolute atomic E-state index is 12.6. The minimum Gasteiger partial charge on any atom is -0.484 e. The Hall–Kier alpha value is -2.80. The van der Waals surface area contributed by atoms with Crippen LogP contribution in [0.5, 0.6) is 5.75 Å². The van der Waals surface area contributed by atoms with Gasteiger partial charge in [0.15, 0.2) is 6.61 Å². The smallest absolute Gasteiger partial charge is 0.277 e. The highest BCUT2D eigenvalue weighted by molar-refractivity contribution is 7.99. The summed E-state index contributed by atoms with van der Waals surface area (Å²) in [6, 6.07) is 14.3. The summed E-state index contributed by atoms with van der Waals surface area (Å²) < 4.78 is 11.4. The van der Waals surface area contributed by atoms with E-state index >= 15 is 0 Å². The lowest BCUT2D eigenvalue weighted by Gasteiger charge is -2.28. The van der Waals surface area contributed by atoms with E-state index in [1.807, 2.05) is 49.1 Å². The number of ether oxygens (including phenoxy) is 1. The van der Waals surface area contributed by atoms with Crippen molar-refractivity contribution in [3.63, 3.8) is 0 Å². The predicted octanol–water partition coefficient (Wildman–Crippen LogP) is 3.94. The number of rotatable bonds is 6. The minimum atomic E-state index is 0.0795.